The molecule has 142 valence electrons. The van der Waals surface area contributed by atoms with Crippen molar-refractivity contribution in [1.29, 1.82) is 0 Å². The van der Waals surface area contributed by atoms with E-state index in [1.165, 1.54) is 4.90 Å². The zero-order chi connectivity index (χ0) is 18.9. The number of rotatable bonds is 4. The van der Waals surface area contributed by atoms with Crippen LogP contribution < -0.4 is 10.1 Å². The molecule has 2 heterocycles. The number of aryl methyl sites for hydroxylation is 2. The normalized spacial score (nSPS) is 21.2. The van der Waals surface area contributed by atoms with E-state index < -0.39 is 0 Å². The average molecular weight is 358 g/mol. The fourth-order valence-corrected chi connectivity index (χ4v) is 3.97. The Morgan fingerprint density at radius 2 is 1.73 bits per heavy atom. The van der Waals surface area contributed by atoms with E-state index in [9.17, 15) is 9.59 Å². The number of nitrogens with zero attached hydrogens (tertiary/aromatic N) is 1. The molecule has 1 aromatic carbocycles. The van der Waals surface area contributed by atoms with Crippen LogP contribution in [-0.2, 0) is 16.1 Å². The lowest BCUT2D eigenvalue weighted by Crippen LogP contribution is -2.45. The Morgan fingerprint density at radius 1 is 1.12 bits per heavy atom. The van der Waals surface area contributed by atoms with E-state index in [0.29, 0.717) is 19.4 Å². The van der Waals surface area contributed by atoms with Gasteiger partial charge in [-0.1, -0.05) is 31.5 Å². The monoisotopic (exact) mass is 358 g/mol. The molecular formula is C21H30N2O3. The van der Waals surface area contributed by atoms with Crippen LogP contribution in [0.2, 0.25) is 0 Å². The maximum Gasteiger partial charge on any atom is 0.230 e. The van der Waals surface area contributed by atoms with Crippen LogP contribution in [0.25, 0.3) is 0 Å². The highest BCUT2D eigenvalue weighted by molar-refractivity contribution is 5.98. The van der Waals surface area contributed by atoms with E-state index >= 15 is 0 Å². The second kappa shape index (κ2) is 7.39. The summed E-state index contributed by atoms with van der Waals surface area (Å²) in [5.74, 6) is 0.671. The minimum Gasteiger partial charge on any atom is -0.490 e. The number of carbonyl (C=O) groups is 2. The molecule has 0 aromatic heterocycles. The largest absolute Gasteiger partial charge is 0.490 e. The van der Waals surface area contributed by atoms with Gasteiger partial charge >= 0.3 is 0 Å². The Hall–Kier alpha value is -1.88. The summed E-state index contributed by atoms with van der Waals surface area (Å²) in [7, 11) is 0. The molecule has 0 spiro atoms. The number of carbonyl (C=O) groups excluding carboxylic acids is 2. The lowest BCUT2D eigenvalue weighted by Gasteiger charge is -2.35. The summed E-state index contributed by atoms with van der Waals surface area (Å²) in [6, 6.07) is 4.15. The molecule has 0 atom stereocenters. The number of likely N-dealkylation sites (tertiary alicyclic amines) is 1. The number of ether oxygens (including phenoxy) is 1. The molecule has 2 saturated heterocycles. The lowest BCUT2D eigenvalue weighted by atomic mass is 9.81. The van der Waals surface area contributed by atoms with Crippen LogP contribution in [-0.4, -0.2) is 35.9 Å². The Labute approximate surface area is 156 Å². The van der Waals surface area contributed by atoms with Crippen LogP contribution in [0.4, 0.5) is 0 Å². The van der Waals surface area contributed by atoms with Crippen molar-refractivity contribution in [2.75, 3.05) is 13.1 Å². The standard InChI is InChI=1S/C21H30N2O3/c1-14-9-15(2)20(26-17-5-7-22-8-6-17)16(10-14)13-23-18(24)11-21(3,4)12-19(23)25/h9-10,17,22H,5-8,11-13H2,1-4H3. The number of amides is 2. The second-order valence-electron chi connectivity index (χ2n) is 8.53. The first-order chi connectivity index (χ1) is 12.2. The van der Waals surface area contributed by atoms with Crippen LogP contribution in [0.5, 0.6) is 5.75 Å². The van der Waals surface area contributed by atoms with Crippen LogP contribution in [0.3, 0.4) is 0 Å². The molecule has 0 unspecified atom stereocenters. The summed E-state index contributed by atoms with van der Waals surface area (Å²) >= 11 is 0. The molecule has 5 heteroatoms. The van der Waals surface area contributed by atoms with Crippen LogP contribution >= 0.6 is 0 Å². The molecule has 1 aromatic rings. The Morgan fingerprint density at radius 3 is 2.35 bits per heavy atom. The zero-order valence-electron chi connectivity index (χ0n) is 16.4. The highest BCUT2D eigenvalue weighted by Crippen LogP contribution is 2.34. The number of hydrogen-bond acceptors (Lipinski definition) is 4. The van der Waals surface area contributed by atoms with Gasteiger partial charge in [0.15, 0.2) is 0 Å². The lowest BCUT2D eigenvalue weighted by molar-refractivity contribution is -0.153. The molecule has 0 radical (unpaired) electrons. The SMILES string of the molecule is Cc1cc(C)c(OC2CCNCC2)c(CN2C(=O)CC(C)(C)CC2=O)c1. The first kappa shape index (κ1) is 18.9. The first-order valence-corrected chi connectivity index (χ1v) is 9.56. The van der Waals surface area contributed by atoms with Gasteiger partial charge in [-0.2, -0.15) is 0 Å². The van der Waals surface area contributed by atoms with Crippen molar-refractivity contribution in [1.82, 2.24) is 10.2 Å². The molecule has 3 rings (SSSR count). The van der Waals surface area contributed by atoms with Gasteiger partial charge in [0.1, 0.15) is 11.9 Å². The average Bonchev–Trinajstić information content (AvgIpc) is 2.54. The van der Waals surface area contributed by atoms with Crippen LogP contribution in [0.15, 0.2) is 12.1 Å². The summed E-state index contributed by atoms with van der Waals surface area (Å²) in [6.45, 7) is 10.2. The number of nitrogens with one attached hydrogen (secondary N) is 1. The van der Waals surface area contributed by atoms with Crippen molar-refractivity contribution in [3.05, 3.63) is 28.8 Å². The first-order valence-electron chi connectivity index (χ1n) is 9.56. The van der Waals surface area contributed by atoms with Gasteiger partial charge in [0.05, 0.1) is 6.54 Å². The summed E-state index contributed by atoms with van der Waals surface area (Å²) in [6.07, 6.45) is 2.95. The highest BCUT2D eigenvalue weighted by Gasteiger charge is 2.37. The van der Waals surface area contributed by atoms with Crippen molar-refractivity contribution in [3.8, 4) is 5.75 Å². The Bertz CT molecular complexity index is 685. The van der Waals surface area contributed by atoms with Crippen LogP contribution in [0, 0.1) is 19.3 Å². The molecule has 0 aliphatic carbocycles. The molecular weight excluding hydrogens is 328 g/mol. The molecule has 2 fully saturated rings. The number of piperidine rings is 2. The van der Waals surface area contributed by atoms with Gasteiger partial charge in [0, 0.05) is 18.4 Å². The summed E-state index contributed by atoms with van der Waals surface area (Å²) < 4.78 is 6.34. The van der Waals surface area contributed by atoms with Crippen molar-refractivity contribution in [3.63, 3.8) is 0 Å². The summed E-state index contributed by atoms with van der Waals surface area (Å²) in [5.41, 5.74) is 2.87. The third-order valence-electron chi connectivity index (χ3n) is 5.26. The van der Waals surface area contributed by atoms with Crippen molar-refractivity contribution < 1.29 is 14.3 Å². The Kier molecular flexibility index (Phi) is 5.37. The molecule has 2 aliphatic heterocycles. The second-order valence-corrected chi connectivity index (χ2v) is 8.53. The fraction of sp³-hybridized carbons (Fsp3) is 0.619. The van der Waals surface area contributed by atoms with Gasteiger partial charge < -0.3 is 10.1 Å². The van der Waals surface area contributed by atoms with E-state index in [1.807, 2.05) is 33.8 Å². The van der Waals surface area contributed by atoms with E-state index in [0.717, 1.165) is 48.4 Å². The quantitative estimate of drug-likeness (QED) is 0.840. The number of hydrogen-bond donors (Lipinski definition) is 1. The summed E-state index contributed by atoms with van der Waals surface area (Å²) in [4.78, 5) is 26.5. The smallest absolute Gasteiger partial charge is 0.230 e. The Balaban J connectivity index is 1.84. The molecule has 0 saturated carbocycles. The van der Waals surface area contributed by atoms with Gasteiger partial charge in [0.2, 0.25) is 11.8 Å². The summed E-state index contributed by atoms with van der Waals surface area (Å²) in [5, 5.41) is 3.35. The minimum atomic E-state index is -0.248. The van der Waals surface area contributed by atoms with E-state index in [2.05, 4.69) is 11.4 Å². The topological polar surface area (TPSA) is 58.6 Å². The van der Waals surface area contributed by atoms with Gasteiger partial charge in [-0.05, 0) is 50.8 Å². The highest BCUT2D eigenvalue weighted by atomic mass is 16.5. The van der Waals surface area contributed by atoms with Crippen molar-refractivity contribution in [2.45, 2.75) is 66.0 Å². The van der Waals surface area contributed by atoms with Gasteiger partial charge in [-0.3, -0.25) is 14.5 Å². The maximum absolute atomic E-state index is 12.6. The fourth-order valence-electron chi connectivity index (χ4n) is 3.97. The molecule has 2 aliphatic rings. The van der Waals surface area contributed by atoms with Crippen molar-refractivity contribution in [2.24, 2.45) is 5.41 Å². The molecule has 2 amide bonds. The van der Waals surface area contributed by atoms with Gasteiger partial charge in [-0.25, -0.2) is 0 Å². The molecule has 1 N–H and O–H groups in total. The third-order valence-corrected chi connectivity index (χ3v) is 5.26. The van der Waals surface area contributed by atoms with Gasteiger partial charge in [-0.15, -0.1) is 0 Å². The maximum atomic E-state index is 12.6. The third kappa shape index (κ3) is 4.26. The number of imide groups is 1. The predicted molar refractivity (Wildman–Crippen MR) is 101 cm³/mol. The van der Waals surface area contributed by atoms with E-state index in [4.69, 9.17) is 4.74 Å². The van der Waals surface area contributed by atoms with Crippen molar-refractivity contribution >= 4 is 11.8 Å². The minimum absolute atomic E-state index is 0.0850. The molecule has 5 nitrogen and oxygen atoms in total. The zero-order valence-corrected chi connectivity index (χ0v) is 16.4. The number of benzene rings is 1. The molecule has 0 bridgehead atoms. The van der Waals surface area contributed by atoms with E-state index in [1.54, 1.807) is 0 Å². The van der Waals surface area contributed by atoms with Crippen LogP contribution in [0.1, 0.15) is 56.2 Å². The van der Waals surface area contributed by atoms with Gasteiger partial charge in [0.25, 0.3) is 0 Å². The molecule has 26 heavy (non-hydrogen) atoms. The predicted octanol–water partition coefficient (Wildman–Crippen LogP) is 3.11. The van der Waals surface area contributed by atoms with E-state index in [-0.39, 0.29) is 23.3 Å².